The molecule has 17 nitrogen and oxygen atoms in total. The van der Waals surface area contributed by atoms with Crippen LogP contribution in [0.1, 0.15) is 465 Å². The summed E-state index contributed by atoms with van der Waals surface area (Å²) in [5.41, 5.74) is 0. The standard InChI is InChI=1S/C87H170O17P2/c1-7-9-11-13-15-17-18-19-20-21-22-23-24-25-30-33-36-41-47-53-59-65-71-86(91)104-83(76-98-85(90)70-64-58-52-46-40-35-32-29-27-26-28-31-34-38-44-49-55-61-67-79(3)4)78-102-106(95,96)100-74-81(88)73-99-105(93,94)101-77-82(75-97-84(89)69-63-57-51-43-16-14-12-10-8-2)103-87(92)72-66-60-54-48-42-37-39-45-50-56-62-68-80(5)6/h79-83,88H,7-78H2,1-6H3,(H,93,94)(H,95,96)/t81-,82+,83+/m0/s1. The van der Waals surface area contributed by atoms with Crippen LogP contribution in [-0.2, 0) is 65.4 Å². The fraction of sp³-hybridized carbons (Fsp3) is 0.954. The molecule has 0 aromatic heterocycles. The molecule has 19 heteroatoms. The predicted molar refractivity (Wildman–Crippen MR) is 437 cm³/mol. The average Bonchev–Trinajstić information content (AvgIpc) is 0.900. The normalized spacial score (nSPS) is 13.8. The van der Waals surface area contributed by atoms with Crippen molar-refractivity contribution in [2.24, 2.45) is 11.8 Å². The number of unbranched alkanes of at least 4 members (excludes halogenated alkanes) is 56. The molecule has 0 bridgehead atoms. The summed E-state index contributed by atoms with van der Waals surface area (Å²) >= 11 is 0. The van der Waals surface area contributed by atoms with Crippen molar-refractivity contribution in [1.29, 1.82) is 0 Å². The Labute approximate surface area is 651 Å². The number of aliphatic hydroxyl groups excluding tert-OH is 1. The second kappa shape index (κ2) is 78.3. The molecular weight excluding hydrogens is 1380 g/mol. The molecule has 0 rings (SSSR count). The Morgan fingerprint density at radius 3 is 0.642 bits per heavy atom. The fourth-order valence-electron chi connectivity index (χ4n) is 13.6. The Morgan fingerprint density at radius 2 is 0.434 bits per heavy atom. The van der Waals surface area contributed by atoms with Gasteiger partial charge in [0.15, 0.2) is 12.2 Å². The number of ether oxygens (including phenoxy) is 4. The van der Waals surface area contributed by atoms with E-state index < -0.39 is 97.5 Å². The maximum Gasteiger partial charge on any atom is 0.472 e. The lowest BCUT2D eigenvalue weighted by Gasteiger charge is -2.21. The number of phosphoric acid groups is 2. The first-order chi connectivity index (χ1) is 51.4. The highest BCUT2D eigenvalue weighted by molar-refractivity contribution is 7.47. The van der Waals surface area contributed by atoms with E-state index in [0.29, 0.717) is 25.7 Å². The zero-order valence-electron chi connectivity index (χ0n) is 69.7. The number of aliphatic hydroxyl groups is 1. The third-order valence-electron chi connectivity index (χ3n) is 20.5. The Morgan fingerprint density at radius 1 is 0.255 bits per heavy atom. The number of carbonyl (C=O) groups excluding carboxylic acids is 4. The van der Waals surface area contributed by atoms with E-state index in [4.69, 9.17) is 37.0 Å². The van der Waals surface area contributed by atoms with E-state index in [1.54, 1.807) is 0 Å². The van der Waals surface area contributed by atoms with E-state index in [1.807, 2.05) is 0 Å². The predicted octanol–water partition coefficient (Wildman–Crippen LogP) is 26.6. The first kappa shape index (κ1) is 104. The maximum absolute atomic E-state index is 13.2. The van der Waals surface area contributed by atoms with Crippen molar-refractivity contribution in [3.8, 4) is 0 Å². The second-order valence-corrected chi connectivity index (χ2v) is 35.1. The zero-order valence-corrected chi connectivity index (χ0v) is 71.5. The van der Waals surface area contributed by atoms with Crippen LogP contribution in [0.3, 0.4) is 0 Å². The quantitative estimate of drug-likeness (QED) is 0.0222. The third-order valence-corrected chi connectivity index (χ3v) is 22.4. The van der Waals surface area contributed by atoms with Gasteiger partial charge in [-0.2, -0.15) is 0 Å². The second-order valence-electron chi connectivity index (χ2n) is 32.2. The molecule has 0 aromatic rings. The van der Waals surface area contributed by atoms with E-state index in [9.17, 15) is 43.2 Å². The summed E-state index contributed by atoms with van der Waals surface area (Å²) in [5, 5.41) is 10.7. The Balaban J connectivity index is 5.19. The summed E-state index contributed by atoms with van der Waals surface area (Å²) in [6.45, 7) is 9.69. The molecule has 5 atom stereocenters. The molecule has 0 aromatic carbocycles. The summed E-state index contributed by atoms with van der Waals surface area (Å²) in [7, 11) is -9.92. The molecule has 0 saturated carbocycles. The first-order valence-electron chi connectivity index (χ1n) is 45.0. The van der Waals surface area contributed by atoms with Crippen LogP contribution in [0.15, 0.2) is 0 Å². The number of carbonyl (C=O) groups is 4. The summed E-state index contributed by atoms with van der Waals surface area (Å²) in [5.74, 6) is -0.515. The lowest BCUT2D eigenvalue weighted by molar-refractivity contribution is -0.161. The van der Waals surface area contributed by atoms with Crippen LogP contribution in [-0.4, -0.2) is 96.7 Å². The molecule has 0 fully saturated rings. The molecule has 0 heterocycles. The first-order valence-corrected chi connectivity index (χ1v) is 48.0. The number of hydrogen-bond donors (Lipinski definition) is 3. The number of esters is 4. The van der Waals surface area contributed by atoms with Gasteiger partial charge >= 0.3 is 39.5 Å². The molecule has 0 aliphatic carbocycles. The van der Waals surface area contributed by atoms with Crippen LogP contribution < -0.4 is 0 Å². The SMILES string of the molecule is CCCCCCCCCCCCCCCCCCCCCCCCC(=O)O[C@H](COC(=O)CCCCCCCCCCCCCCCCCCCCC(C)C)COP(=O)(O)OC[C@@H](O)COP(=O)(O)OC[C@@H](COC(=O)CCCCCCCCCCC)OC(=O)CCCCCCCCCCCCCC(C)C. The Bertz CT molecular complexity index is 2030. The minimum atomic E-state index is -4.97. The molecule has 630 valence electrons. The Kier molecular flexibility index (Phi) is 76.9. The van der Waals surface area contributed by atoms with Crippen molar-refractivity contribution in [3.05, 3.63) is 0 Å². The van der Waals surface area contributed by atoms with Gasteiger partial charge in [-0.15, -0.1) is 0 Å². The van der Waals surface area contributed by atoms with Gasteiger partial charge in [0.05, 0.1) is 26.4 Å². The number of phosphoric ester groups is 2. The van der Waals surface area contributed by atoms with Crippen LogP contribution in [0.5, 0.6) is 0 Å². The fourth-order valence-corrected chi connectivity index (χ4v) is 15.2. The molecule has 106 heavy (non-hydrogen) atoms. The molecular formula is C87H170O17P2. The maximum atomic E-state index is 13.2. The number of hydrogen-bond acceptors (Lipinski definition) is 15. The van der Waals surface area contributed by atoms with Crippen LogP contribution >= 0.6 is 15.6 Å². The highest BCUT2D eigenvalue weighted by Gasteiger charge is 2.30. The Hall–Kier alpha value is -1.94. The molecule has 2 unspecified atom stereocenters. The van der Waals surface area contributed by atoms with Gasteiger partial charge in [-0.3, -0.25) is 37.3 Å². The minimum absolute atomic E-state index is 0.107. The van der Waals surface area contributed by atoms with Crippen LogP contribution in [0, 0.1) is 11.8 Å². The lowest BCUT2D eigenvalue weighted by Crippen LogP contribution is -2.30. The highest BCUT2D eigenvalue weighted by atomic mass is 31.2. The van der Waals surface area contributed by atoms with Crippen molar-refractivity contribution < 1.29 is 80.2 Å². The monoisotopic (exact) mass is 1550 g/mol. The zero-order chi connectivity index (χ0) is 77.8. The van der Waals surface area contributed by atoms with Gasteiger partial charge in [-0.25, -0.2) is 9.13 Å². The van der Waals surface area contributed by atoms with Gasteiger partial charge in [0.1, 0.15) is 19.3 Å². The molecule has 0 spiro atoms. The molecule has 0 amide bonds. The molecule has 0 radical (unpaired) electrons. The summed E-state index contributed by atoms with van der Waals surface area (Å²) in [6, 6.07) is 0. The van der Waals surface area contributed by atoms with Gasteiger partial charge in [-0.05, 0) is 37.5 Å². The van der Waals surface area contributed by atoms with E-state index in [0.717, 1.165) is 102 Å². The van der Waals surface area contributed by atoms with Crippen molar-refractivity contribution in [2.45, 2.75) is 484 Å². The van der Waals surface area contributed by atoms with Crippen LogP contribution in [0.4, 0.5) is 0 Å². The van der Waals surface area contributed by atoms with Gasteiger partial charge in [-0.1, -0.05) is 414 Å². The van der Waals surface area contributed by atoms with Gasteiger partial charge in [0.25, 0.3) is 0 Å². The van der Waals surface area contributed by atoms with E-state index in [-0.39, 0.29) is 25.7 Å². The number of rotatable bonds is 86. The molecule has 3 N–H and O–H groups in total. The summed E-state index contributed by atoms with van der Waals surface area (Å²) in [6.07, 6.45) is 71.0. The topological polar surface area (TPSA) is 237 Å². The van der Waals surface area contributed by atoms with Gasteiger partial charge in [0, 0.05) is 25.7 Å². The molecule has 0 aliphatic rings. The highest BCUT2D eigenvalue weighted by Crippen LogP contribution is 2.45. The largest absolute Gasteiger partial charge is 0.472 e. The minimum Gasteiger partial charge on any atom is -0.462 e. The van der Waals surface area contributed by atoms with Crippen molar-refractivity contribution in [3.63, 3.8) is 0 Å². The smallest absolute Gasteiger partial charge is 0.462 e. The van der Waals surface area contributed by atoms with Crippen molar-refractivity contribution in [2.75, 3.05) is 39.6 Å². The van der Waals surface area contributed by atoms with Crippen LogP contribution in [0.25, 0.3) is 0 Å². The summed E-state index contributed by atoms with van der Waals surface area (Å²) < 4.78 is 68.8. The van der Waals surface area contributed by atoms with Crippen molar-refractivity contribution in [1.82, 2.24) is 0 Å². The van der Waals surface area contributed by atoms with Crippen molar-refractivity contribution >= 4 is 39.5 Å². The lowest BCUT2D eigenvalue weighted by atomic mass is 10.0. The van der Waals surface area contributed by atoms with Crippen LogP contribution in [0.2, 0.25) is 0 Å². The molecule has 0 aliphatic heterocycles. The van der Waals surface area contributed by atoms with E-state index >= 15 is 0 Å². The van der Waals surface area contributed by atoms with Gasteiger partial charge < -0.3 is 33.8 Å². The van der Waals surface area contributed by atoms with E-state index in [2.05, 4.69) is 41.5 Å². The van der Waals surface area contributed by atoms with Gasteiger partial charge in [0.2, 0.25) is 0 Å². The molecule has 0 saturated heterocycles. The average molecular weight is 1550 g/mol. The summed E-state index contributed by atoms with van der Waals surface area (Å²) in [4.78, 5) is 73.2. The van der Waals surface area contributed by atoms with E-state index in [1.165, 1.54) is 283 Å². The third kappa shape index (κ3) is 80.1.